The number of carbonyl (C=O) groups is 2. The van der Waals surface area contributed by atoms with E-state index in [0.29, 0.717) is 24.8 Å². The lowest BCUT2D eigenvalue weighted by atomic mass is 9.88. The van der Waals surface area contributed by atoms with E-state index >= 15 is 0 Å². The maximum Gasteiger partial charge on any atom is 0.227 e. The summed E-state index contributed by atoms with van der Waals surface area (Å²) in [5.41, 5.74) is 6.51. The molecule has 0 saturated heterocycles. The highest BCUT2D eigenvalue weighted by molar-refractivity contribution is 6.21. The lowest BCUT2D eigenvalue weighted by Gasteiger charge is -2.24. The summed E-state index contributed by atoms with van der Waals surface area (Å²) >= 11 is 0. The minimum absolute atomic E-state index is 0.0704. The van der Waals surface area contributed by atoms with Crippen molar-refractivity contribution < 1.29 is 24.2 Å². The molecule has 240 valence electrons. The molecule has 0 radical (unpaired) electrons. The van der Waals surface area contributed by atoms with Crippen molar-refractivity contribution in [3.63, 3.8) is 0 Å². The molecular formula is C38H58O5. The summed E-state index contributed by atoms with van der Waals surface area (Å²) in [7, 11) is 2.69. The predicted molar refractivity (Wildman–Crippen MR) is 180 cm³/mol. The number of carbonyl (C=O) groups excluding carboxylic acids is 2. The second-order valence-electron chi connectivity index (χ2n) is 12.6. The largest absolute Gasteiger partial charge is 0.490 e. The first-order chi connectivity index (χ1) is 20.3. The second kappa shape index (κ2) is 20.1. The highest BCUT2D eigenvalue weighted by atomic mass is 16.5. The number of methoxy groups -OCH3 is 2. The minimum atomic E-state index is -0.942. The lowest BCUT2D eigenvalue weighted by molar-refractivity contribution is -0.120. The van der Waals surface area contributed by atoms with Crippen LogP contribution in [0.25, 0.3) is 0 Å². The van der Waals surface area contributed by atoms with Crippen molar-refractivity contribution in [2.75, 3.05) is 14.2 Å². The second-order valence-corrected chi connectivity index (χ2v) is 12.6. The molecule has 1 aliphatic rings. The smallest absolute Gasteiger partial charge is 0.227 e. The molecule has 0 saturated carbocycles. The quantitative estimate of drug-likeness (QED) is 0.112. The molecule has 0 aromatic heterocycles. The van der Waals surface area contributed by atoms with Crippen molar-refractivity contribution in [1.82, 2.24) is 0 Å². The number of ketones is 2. The van der Waals surface area contributed by atoms with Crippen LogP contribution >= 0.6 is 0 Å². The average Bonchev–Trinajstić information content (AvgIpc) is 2.92. The van der Waals surface area contributed by atoms with E-state index in [1.165, 1.54) is 48.2 Å². The van der Waals surface area contributed by atoms with E-state index in [0.717, 1.165) is 57.8 Å². The number of rotatable bonds is 20. The van der Waals surface area contributed by atoms with Crippen LogP contribution in [0.1, 0.15) is 126 Å². The molecule has 1 unspecified atom stereocenters. The van der Waals surface area contributed by atoms with E-state index < -0.39 is 5.60 Å². The monoisotopic (exact) mass is 594 g/mol. The molecule has 5 nitrogen and oxygen atoms in total. The van der Waals surface area contributed by atoms with Crippen LogP contribution in [0.15, 0.2) is 81.4 Å². The Balaban J connectivity index is 2.37. The third-order valence-electron chi connectivity index (χ3n) is 7.94. The standard InChI is InChI=1S/C38H58O5/c1-28(2)15-10-16-29(3)17-11-18-30(4)19-12-20-31(5)21-13-22-32(6)23-14-25-38(7,41)26-24-33-27-34(39)36(42-8)37(43-9)35(33)40/h15,17,19,21,23,27,41H,10-14,16,18,20,22,24-26H2,1-9H3/b29-17+,30-19+,31-21+,32-23+. The molecule has 1 N–H and O–H groups in total. The van der Waals surface area contributed by atoms with Crippen LogP contribution in [-0.2, 0) is 19.1 Å². The van der Waals surface area contributed by atoms with Gasteiger partial charge in [-0.15, -0.1) is 0 Å². The van der Waals surface area contributed by atoms with Crippen molar-refractivity contribution in [2.45, 2.75) is 131 Å². The van der Waals surface area contributed by atoms with E-state index in [1.807, 2.05) is 0 Å². The Morgan fingerprint density at radius 2 is 1.09 bits per heavy atom. The van der Waals surface area contributed by atoms with E-state index in [4.69, 9.17) is 9.47 Å². The van der Waals surface area contributed by atoms with Gasteiger partial charge in [0.15, 0.2) is 0 Å². The Kier molecular flexibility index (Phi) is 17.8. The van der Waals surface area contributed by atoms with Crippen molar-refractivity contribution >= 4 is 11.6 Å². The summed E-state index contributed by atoms with van der Waals surface area (Å²) in [6.45, 7) is 15.0. The number of ether oxygens (including phenoxy) is 2. The van der Waals surface area contributed by atoms with Crippen LogP contribution in [0, 0.1) is 0 Å². The average molecular weight is 595 g/mol. The lowest BCUT2D eigenvalue weighted by Crippen LogP contribution is -2.26. The number of aliphatic hydroxyl groups is 1. The molecule has 0 amide bonds. The molecule has 0 fully saturated rings. The van der Waals surface area contributed by atoms with Gasteiger partial charge in [-0.25, -0.2) is 0 Å². The zero-order valence-electron chi connectivity index (χ0n) is 28.5. The molecular weight excluding hydrogens is 536 g/mol. The number of hydrogen-bond acceptors (Lipinski definition) is 5. The van der Waals surface area contributed by atoms with Crippen molar-refractivity contribution in [1.29, 1.82) is 0 Å². The summed E-state index contributed by atoms with van der Waals surface area (Å²) in [5.74, 6) is -0.887. The topological polar surface area (TPSA) is 72.8 Å². The van der Waals surface area contributed by atoms with Crippen LogP contribution in [-0.4, -0.2) is 36.5 Å². The highest BCUT2D eigenvalue weighted by Crippen LogP contribution is 2.28. The zero-order chi connectivity index (χ0) is 32.4. The van der Waals surface area contributed by atoms with Crippen molar-refractivity contribution in [3.05, 3.63) is 81.4 Å². The molecule has 5 heteroatoms. The van der Waals surface area contributed by atoms with Gasteiger partial charge in [-0.05, 0) is 132 Å². The highest BCUT2D eigenvalue weighted by Gasteiger charge is 2.31. The fourth-order valence-electron chi connectivity index (χ4n) is 5.01. The van der Waals surface area contributed by atoms with Crippen LogP contribution in [0.3, 0.4) is 0 Å². The molecule has 1 rings (SSSR count). The van der Waals surface area contributed by atoms with Gasteiger partial charge in [0.25, 0.3) is 0 Å². The van der Waals surface area contributed by atoms with E-state index in [-0.39, 0.29) is 23.1 Å². The van der Waals surface area contributed by atoms with Gasteiger partial charge in [0.1, 0.15) is 0 Å². The molecule has 0 aliphatic heterocycles. The molecule has 0 aromatic carbocycles. The summed E-state index contributed by atoms with van der Waals surface area (Å²) < 4.78 is 10.1. The zero-order valence-corrected chi connectivity index (χ0v) is 28.5. The summed E-state index contributed by atoms with van der Waals surface area (Å²) in [5, 5.41) is 10.9. The fourth-order valence-corrected chi connectivity index (χ4v) is 5.01. The van der Waals surface area contributed by atoms with Gasteiger partial charge in [0, 0.05) is 5.57 Å². The van der Waals surface area contributed by atoms with Gasteiger partial charge in [-0.2, -0.15) is 0 Å². The Morgan fingerprint density at radius 1 is 0.674 bits per heavy atom. The Morgan fingerprint density at radius 3 is 1.51 bits per heavy atom. The summed E-state index contributed by atoms with van der Waals surface area (Å²) in [6, 6.07) is 0. The fraction of sp³-hybridized carbons (Fsp3) is 0.579. The molecule has 1 atom stereocenters. The third-order valence-corrected chi connectivity index (χ3v) is 7.94. The SMILES string of the molecule is COC1=C(OC)C(=O)C(CCC(C)(O)CC/C=C(\C)CC/C=C(\C)CC/C=C(\C)CC/C=C(\C)CCC=C(C)C)=CC1=O. The molecule has 0 spiro atoms. The van der Waals surface area contributed by atoms with Gasteiger partial charge in [0.2, 0.25) is 23.1 Å². The van der Waals surface area contributed by atoms with E-state index in [1.54, 1.807) is 6.92 Å². The van der Waals surface area contributed by atoms with E-state index in [2.05, 4.69) is 71.9 Å². The maximum absolute atomic E-state index is 12.6. The van der Waals surface area contributed by atoms with Gasteiger partial charge >= 0.3 is 0 Å². The van der Waals surface area contributed by atoms with Gasteiger partial charge < -0.3 is 14.6 Å². The first-order valence-electron chi connectivity index (χ1n) is 15.9. The number of allylic oxidation sites excluding steroid dienone is 12. The van der Waals surface area contributed by atoms with Crippen molar-refractivity contribution in [2.24, 2.45) is 0 Å². The molecule has 0 aromatic rings. The predicted octanol–water partition coefficient (Wildman–Crippen LogP) is 9.75. The van der Waals surface area contributed by atoms with Crippen LogP contribution < -0.4 is 0 Å². The van der Waals surface area contributed by atoms with E-state index in [9.17, 15) is 14.7 Å². The van der Waals surface area contributed by atoms with Gasteiger partial charge in [0.05, 0.1) is 19.8 Å². The Hall–Kier alpha value is -2.92. The summed E-state index contributed by atoms with van der Waals surface area (Å²) in [6.07, 6.45) is 23.8. The van der Waals surface area contributed by atoms with Crippen LogP contribution in [0.4, 0.5) is 0 Å². The normalized spacial score (nSPS) is 16.7. The first kappa shape index (κ1) is 38.1. The molecule has 43 heavy (non-hydrogen) atoms. The molecule has 0 bridgehead atoms. The van der Waals surface area contributed by atoms with Gasteiger partial charge in [-0.1, -0.05) is 58.2 Å². The van der Waals surface area contributed by atoms with Crippen LogP contribution in [0.5, 0.6) is 0 Å². The number of Topliss-reactive ketones (excluding diaryl/α,β-unsaturated/α-hetero) is 1. The minimum Gasteiger partial charge on any atom is -0.490 e. The van der Waals surface area contributed by atoms with Crippen molar-refractivity contribution in [3.8, 4) is 0 Å². The van der Waals surface area contributed by atoms with Gasteiger partial charge in [-0.3, -0.25) is 9.59 Å². The molecule has 1 aliphatic carbocycles. The number of hydrogen-bond donors (Lipinski definition) is 1. The van der Waals surface area contributed by atoms with Crippen LogP contribution in [0.2, 0.25) is 0 Å². The molecule has 0 heterocycles. The first-order valence-corrected chi connectivity index (χ1v) is 15.9. The maximum atomic E-state index is 12.6. The Labute approximate surface area is 262 Å². The summed E-state index contributed by atoms with van der Waals surface area (Å²) in [4.78, 5) is 24.9. The third kappa shape index (κ3) is 15.9. The Bertz CT molecular complexity index is 1150.